The smallest absolute Gasteiger partial charge is 0.330 e. The Hall–Kier alpha value is -1.51. The molecule has 2 aromatic heterocycles. The van der Waals surface area contributed by atoms with Crippen molar-refractivity contribution in [2.45, 2.75) is 39.8 Å². The average molecular weight is 356 g/mol. The van der Waals surface area contributed by atoms with Crippen LogP contribution in [0.15, 0.2) is 11.1 Å². The Morgan fingerprint density at radius 1 is 1.21 bits per heavy atom. The number of fused-ring (bicyclic) bond motifs is 1. The average Bonchev–Trinajstić information content (AvgIpc) is 2.97. The van der Waals surface area contributed by atoms with Crippen molar-refractivity contribution in [3.8, 4) is 0 Å². The molecule has 0 fully saturated rings. The van der Waals surface area contributed by atoms with Gasteiger partial charge in [0.2, 0.25) is 0 Å². The van der Waals surface area contributed by atoms with Crippen LogP contribution in [0, 0.1) is 4.64 Å². The zero-order chi connectivity index (χ0) is 18.3. The quantitative estimate of drug-likeness (QED) is 0.622. The van der Waals surface area contributed by atoms with Gasteiger partial charge in [-0.3, -0.25) is 9.13 Å². The van der Waals surface area contributed by atoms with Crippen LogP contribution in [-0.2, 0) is 13.1 Å². The second-order valence-corrected chi connectivity index (χ2v) is 7.10. The van der Waals surface area contributed by atoms with Crippen molar-refractivity contribution >= 4 is 23.4 Å². The van der Waals surface area contributed by atoms with Gasteiger partial charge in [-0.2, -0.15) is 0 Å². The molecule has 0 aromatic carbocycles. The van der Waals surface area contributed by atoms with E-state index in [2.05, 4.69) is 9.97 Å². The molecule has 0 spiro atoms. The SMILES string of the molecule is CCCn1c(=S)c2[nH]cnc2n(CCC)c1=O.C[N+](C)(C)CC[O-]. The van der Waals surface area contributed by atoms with E-state index in [9.17, 15) is 9.90 Å². The lowest BCUT2D eigenvalue weighted by Gasteiger charge is -2.25. The third-order valence-corrected chi connectivity index (χ3v) is 3.88. The fourth-order valence-electron chi connectivity index (χ4n) is 2.23. The summed E-state index contributed by atoms with van der Waals surface area (Å²) >= 11 is 5.32. The minimum absolute atomic E-state index is 0.0312. The molecule has 0 aliphatic rings. The lowest BCUT2D eigenvalue weighted by atomic mass is 10.4. The standard InChI is InChI=1S/C11H16N4OS.C5H13NO/c1-3-5-14-9-8(12-7-13-9)10(17)15(6-4-2)11(14)16;1-6(2,3)4-5-7/h7H,3-6H2,1-2H3,(H,12,13);4-5H2,1-3H3. The number of imidazole rings is 1. The fourth-order valence-corrected chi connectivity index (χ4v) is 2.55. The molecule has 0 amide bonds. The molecular formula is C16H29N5O2S. The molecule has 0 atom stereocenters. The molecule has 8 heteroatoms. The topological polar surface area (TPSA) is 78.7 Å². The maximum absolute atomic E-state index is 12.3. The highest BCUT2D eigenvalue weighted by molar-refractivity contribution is 7.71. The third-order valence-electron chi connectivity index (χ3n) is 3.45. The molecule has 0 radical (unpaired) electrons. The minimum Gasteiger partial charge on any atom is -0.850 e. The molecule has 0 unspecified atom stereocenters. The number of hydrogen-bond acceptors (Lipinski definition) is 4. The molecule has 0 bridgehead atoms. The number of rotatable bonds is 6. The van der Waals surface area contributed by atoms with Crippen molar-refractivity contribution in [3.05, 3.63) is 21.5 Å². The van der Waals surface area contributed by atoms with Crippen molar-refractivity contribution in [3.63, 3.8) is 0 Å². The summed E-state index contributed by atoms with van der Waals surface area (Å²) in [6.45, 7) is 6.14. The van der Waals surface area contributed by atoms with Crippen LogP contribution in [0.5, 0.6) is 0 Å². The Balaban J connectivity index is 0.000000351. The van der Waals surface area contributed by atoms with Gasteiger partial charge < -0.3 is 14.6 Å². The first-order chi connectivity index (χ1) is 11.3. The second-order valence-electron chi connectivity index (χ2n) is 6.71. The van der Waals surface area contributed by atoms with E-state index in [1.807, 2.05) is 35.0 Å². The van der Waals surface area contributed by atoms with Gasteiger partial charge in [-0.25, -0.2) is 9.78 Å². The van der Waals surface area contributed by atoms with Crippen LogP contribution in [0.3, 0.4) is 0 Å². The van der Waals surface area contributed by atoms with Crippen molar-refractivity contribution in [2.24, 2.45) is 0 Å². The predicted octanol–water partition coefficient (Wildman–Crippen LogP) is 1.13. The Morgan fingerprint density at radius 2 is 1.79 bits per heavy atom. The number of H-pyrrole nitrogens is 1. The number of aromatic amines is 1. The Kier molecular flexibility index (Phi) is 7.78. The molecule has 7 nitrogen and oxygen atoms in total. The summed E-state index contributed by atoms with van der Waals surface area (Å²) in [5.74, 6) is 0. The zero-order valence-electron chi connectivity index (χ0n) is 15.3. The zero-order valence-corrected chi connectivity index (χ0v) is 16.2. The van der Waals surface area contributed by atoms with Crippen LogP contribution in [0.1, 0.15) is 26.7 Å². The largest absolute Gasteiger partial charge is 0.850 e. The van der Waals surface area contributed by atoms with Gasteiger partial charge in [0.15, 0.2) is 5.65 Å². The van der Waals surface area contributed by atoms with E-state index in [0.717, 1.165) is 29.4 Å². The summed E-state index contributed by atoms with van der Waals surface area (Å²) in [5.41, 5.74) is 1.38. The van der Waals surface area contributed by atoms with Gasteiger partial charge in [0.1, 0.15) is 10.2 Å². The van der Waals surface area contributed by atoms with Crippen molar-refractivity contribution in [2.75, 3.05) is 34.3 Å². The van der Waals surface area contributed by atoms with Crippen molar-refractivity contribution < 1.29 is 9.59 Å². The molecule has 136 valence electrons. The fraction of sp³-hybridized carbons (Fsp3) is 0.688. The van der Waals surface area contributed by atoms with Crippen LogP contribution in [0.2, 0.25) is 0 Å². The van der Waals surface area contributed by atoms with Crippen LogP contribution in [0.25, 0.3) is 11.2 Å². The van der Waals surface area contributed by atoms with E-state index < -0.39 is 0 Å². The molecule has 24 heavy (non-hydrogen) atoms. The van der Waals surface area contributed by atoms with Gasteiger partial charge in [-0.05, 0) is 12.8 Å². The van der Waals surface area contributed by atoms with Crippen molar-refractivity contribution in [1.29, 1.82) is 0 Å². The first kappa shape index (κ1) is 20.5. The van der Waals surface area contributed by atoms with Gasteiger partial charge in [-0.15, -0.1) is 0 Å². The number of hydrogen-bond donors (Lipinski definition) is 1. The van der Waals surface area contributed by atoms with E-state index in [1.165, 1.54) is 0 Å². The Bertz CT molecular complexity index is 754. The molecule has 0 aliphatic heterocycles. The molecule has 0 saturated heterocycles. The molecule has 2 aromatic rings. The van der Waals surface area contributed by atoms with Gasteiger partial charge in [-0.1, -0.05) is 32.7 Å². The van der Waals surface area contributed by atoms with Gasteiger partial charge in [0.05, 0.1) is 34.0 Å². The highest BCUT2D eigenvalue weighted by atomic mass is 32.1. The minimum atomic E-state index is -0.0571. The number of quaternary nitrogens is 1. The van der Waals surface area contributed by atoms with E-state index in [-0.39, 0.29) is 12.3 Å². The van der Waals surface area contributed by atoms with Crippen LogP contribution < -0.4 is 10.8 Å². The number of nitrogens with zero attached hydrogens (tertiary/aromatic N) is 4. The first-order valence-electron chi connectivity index (χ1n) is 8.32. The maximum Gasteiger partial charge on any atom is 0.330 e. The number of aromatic nitrogens is 4. The third kappa shape index (κ3) is 5.25. The van der Waals surface area contributed by atoms with E-state index in [0.29, 0.717) is 23.4 Å². The number of likely N-dealkylation sites (N-methyl/N-ethyl adjacent to an activating group) is 1. The predicted molar refractivity (Wildman–Crippen MR) is 97.5 cm³/mol. The lowest BCUT2D eigenvalue weighted by Crippen LogP contribution is -2.39. The highest BCUT2D eigenvalue weighted by Gasteiger charge is 2.11. The van der Waals surface area contributed by atoms with Gasteiger partial charge in [0, 0.05) is 13.1 Å². The van der Waals surface area contributed by atoms with Crippen LogP contribution in [0.4, 0.5) is 0 Å². The van der Waals surface area contributed by atoms with Gasteiger partial charge >= 0.3 is 5.69 Å². The summed E-state index contributed by atoms with van der Waals surface area (Å²) in [6.07, 6.45) is 3.36. The lowest BCUT2D eigenvalue weighted by molar-refractivity contribution is -0.875. The molecule has 2 rings (SSSR count). The normalized spacial score (nSPS) is 11.4. The number of nitrogens with one attached hydrogen (secondary N) is 1. The summed E-state index contributed by atoms with van der Waals surface area (Å²) in [5, 5.41) is 9.93. The van der Waals surface area contributed by atoms with Crippen LogP contribution in [-0.4, -0.2) is 57.9 Å². The maximum atomic E-state index is 12.3. The van der Waals surface area contributed by atoms with Crippen LogP contribution >= 0.6 is 12.2 Å². The molecular weight excluding hydrogens is 326 g/mol. The van der Waals surface area contributed by atoms with E-state index >= 15 is 0 Å². The Morgan fingerprint density at radius 3 is 2.25 bits per heavy atom. The second kappa shape index (κ2) is 9.10. The molecule has 1 N–H and O–H groups in total. The Labute approximate surface area is 148 Å². The number of aryl methyl sites for hydroxylation is 1. The molecule has 0 aliphatic carbocycles. The summed E-state index contributed by atoms with van der Waals surface area (Å²) in [7, 11) is 6.04. The monoisotopic (exact) mass is 355 g/mol. The van der Waals surface area contributed by atoms with E-state index in [4.69, 9.17) is 12.2 Å². The molecule has 2 heterocycles. The van der Waals surface area contributed by atoms with Gasteiger partial charge in [0.25, 0.3) is 0 Å². The van der Waals surface area contributed by atoms with Crippen molar-refractivity contribution in [1.82, 2.24) is 19.1 Å². The summed E-state index contributed by atoms with van der Waals surface area (Å²) < 4.78 is 4.67. The molecule has 0 saturated carbocycles. The summed E-state index contributed by atoms with van der Waals surface area (Å²) in [6, 6.07) is 0. The highest BCUT2D eigenvalue weighted by Crippen LogP contribution is 2.09. The van der Waals surface area contributed by atoms with E-state index in [1.54, 1.807) is 15.5 Å². The summed E-state index contributed by atoms with van der Waals surface area (Å²) in [4.78, 5) is 19.5. The first-order valence-corrected chi connectivity index (χ1v) is 8.72.